The summed E-state index contributed by atoms with van der Waals surface area (Å²) in [4.78, 5) is 0. The highest BCUT2D eigenvalue weighted by Gasteiger charge is 2.53. The van der Waals surface area contributed by atoms with Crippen molar-refractivity contribution in [3.05, 3.63) is 35.4 Å². The molecule has 1 nitrogen and oxygen atoms in total. The summed E-state index contributed by atoms with van der Waals surface area (Å²) in [5, 5.41) is 0. The van der Waals surface area contributed by atoms with Crippen molar-refractivity contribution in [2.24, 2.45) is 5.73 Å². The predicted molar refractivity (Wildman–Crippen MR) is 53.7 cm³/mol. The van der Waals surface area contributed by atoms with Crippen LogP contribution in [0, 0.1) is 0 Å². The van der Waals surface area contributed by atoms with E-state index in [9.17, 15) is 17.6 Å². The van der Waals surface area contributed by atoms with E-state index in [0.29, 0.717) is 25.5 Å². The van der Waals surface area contributed by atoms with E-state index in [1.54, 1.807) is 6.07 Å². The lowest BCUT2D eigenvalue weighted by atomic mass is 9.95. The topological polar surface area (TPSA) is 26.0 Å². The van der Waals surface area contributed by atoms with Gasteiger partial charge in [-0.3, -0.25) is 0 Å². The highest BCUT2D eigenvalue weighted by atomic mass is 19.4. The van der Waals surface area contributed by atoms with Gasteiger partial charge < -0.3 is 5.73 Å². The molecule has 1 unspecified atom stereocenters. The zero-order chi connectivity index (χ0) is 12.4. The molecule has 1 rings (SSSR count). The fourth-order valence-corrected chi connectivity index (χ4v) is 1.35. The van der Waals surface area contributed by atoms with E-state index in [-0.39, 0.29) is 5.56 Å². The lowest BCUT2D eigenvalue weighted by Gasteiger charge is -2.24. The van der Waals surface area contributed by atoms with Crippen LogP contribution >= 0.6 is 0 Å². The molecule has 0 radical (unpaired) electrons. The Bertz CT molecular complexity index is 357. The van der Waals surface area contributed by atoms with Crippen molar-refractivity contribution in [2.45, 2.75) is 25.2 Å². The van der Waals surface area contributed by atoms with E-state index >= 15 is 0 Å². The van der Waals surface area contributed by atoms with Gasteiger partial charge in [-0.1, -0.05) is 24.3 Å². The molecule has 0 aliphatic heterocycles. The highest BCUT2D eigenvalue weighted by molar-refractivity contribution is 5.29. The van der Waals surface area contributed by atoms with Crippen molar-refractivity contribution in [1.29, 1.82) is 0 Å². The monoisotopic (exact) mass is 235 g/mol. The number of halogens is 4. The maximum absolute atomic E-state index is 13.6. The van der Waals surface area contributed by atoms with E-state index in [4.69, 9.17) is 5.73 Å². The molecule has 5 heteroatoms. The molecular weight excluding hydrogens is 222 g/mol. The highest BCUT2D eigenvalue weighted by Crippen LogP contribution is 2.42. The fraction of sp³-hybridized carbons (Fsp3) is 0.455. The molecule has 16 heavy (non-hydrogen) atoms. The number of alkyl halides is 4. The first-order valence-electron chi connectivity index (χ1n) is 4.84. The molecule has 0 bridgehead atoms. The van der Waals surface area contributed by atoms with Crippen LogP contribution in [0.3, 0.4) is 0 Å². The first kappa shape index (κ1) is 13.0. The normalized spacial score (nSPS) is 15.9. The molecule has 90 valence electrons. The molecule has 0 aliphatic carbocycles. The van der Waals surface area contributed by atoms with Crippen LogP contribution < -0.4 is 5.73 Å². The second kappa shape index (κ2) is 4.41. The summed E-state index contributed by atoms with van der Waals surface area (Å²) in [6, 6.07) is 5.38. The molecule has 0 aliphatic rings. The third kappa shape index (κ3) is 2.52. The molecule has 0 spiro atoms. The van der Waals surface area contributed by atoms with Gasteiger partial charge in [0.1, 0.15) is 0 Å². The largest absolute Gasteiger partial charge is 0.426 e. The molecule has 0 saturated heterocycles. The lowest BCUT2D eigenvalue weighted by Crippen LogP contribution is -2.35. The fourth-order valence-electron chi connectivity index (χ4n) is 1.35. The van der Waals surface area contributed by atoms with Crippen LogP contribution in [0.2, 0.25) is 0 Å². The van der Waals surface area contributed by atoms with Crippen LogP contribution in [0.25, 0.3) is 0 Å². The summed E-state index contributed by atoms with van der Waals surface area (Å²) in [6.45, 7) is 0.840. The molecular formula is C11H13F4N. The van der Waals surface area contributed by atoms with Gasteiger partial charge in [-0.25, -0.2) is 4.39 Å². The average Bonchev–Trinajstić information content (AvgIpc) is 2.17. The zero-order valence-electron chi connectivity index (χ0n) is 8.81. The number of rotatable bonds is 3. The quantitative estimate of drug-likeness (QED) is 0.801. The zero-order valence-corrected chi connectivity index (χ0v) is 8.81. The van der Waals surface area contributed by atoms with Gasteiger partial charge in [0.25, 0.3) is 0 Å². The standard InChI is InChI=1S/C11H13F4N/c1-10(12,11(13,14)15)9-4-2-3-8(7-9)5-6-16/h2-4,7H,5-6,16H2,1H3. The van der Waals surface area contributed by atoms with Crippen molar-refractivity contribution in [1.82, 2.24) is 0 Å². The summed E-state index contributed by atoms with van der Waals surface area (Å²) in [7, 11) is 0. The van der Waals surface area contributed by atoms with Gasteiger partial charge in [0, 0.05) is 0 Å². The Kier molecular flexibility index (Phi) is 3.57. The second-order valence-corrected chi connectivity index (χ2v) is 3.74. The summed E-state index contributed by atoms with van der Waals surface area (Å²) < 4.78 is 50.9. The van der Waals surface area contributed by atoms with Gasteiger partial charge >= 0.3 is 6.18 Å². The third-order valence-corrected chi connectivity index (χ3v) is 2.43. The summed E-state index contributed by atoms with van der Waals surface area (Å²) in [6.07, 6.45) is -4.48. The van der Waals surface area contributed by atoms with Gasteiger partial charge in [0.2, 0.25) is 5.67 Å². The minimum atomic E-state index is -4.91. The van der Waals surface area contributed by atoms with Crippen LogP contribution in [-0.4, -0.2) is 12.7 Å². The Balaban J connectivity index is 3.08. The Morgan fingerprint density at radius 2 is 1.81 bits per heavy atom. The van der Waals surface area contributed by atoms with Crippen LogP contribution in [0.5, 0.6) is 0 Å². The number of hydrogen-bond donors (Lipinski definition) is 1. The van der Waals surface area contributed by atoms with Crippen LogP contribution in [0.1, 0.15) is 18.1 Å². The first-order valence-corrected chi connectivity index (χ1v) is 4.84. The van der Waals surface area contributed by atoms with Crippen LogP contribution in [0.15, 0.2) is 24.3 Å². The minimum Gasteiger partial charge on any atom is -0.330 e. The second-order valence-electron chi connectivity index (χ2n) is 3.74. The summed E-state index contributed by atoms with van der Waals surface area (Å²) >= 11 is 0. The van der Waals surface area contributed by atoms with Crippen molar-refractivity contribution in [3.8, 4) is 0 Å². The first-order chi connectivity index (χ1) is 7.29. The van der Waals surface area contributed by atoms with E-state index in [0.717, 1.165) is 6.07 Å². The Morgan fingerprint density at radius 1 is 1.19 bits per heavy atom. The molecule has 0 saturated carbocycles. The number of nitrogens with two attached hydrogens (primary N) is 1. The molecule has 0 heterocycles. The van der Waals surface area contributed by atoms with Gasteiger partial charge in [-0.05, 0) is 31.0 Å². The minimum absolute atomic E-state index is 0.318. The predicted octanol–water partition coefficient (Wildman–Crippen LogP) is 2.93. The Morgan fingerprint density at radius 3 is 2.31 bits per heavy atom. The molecule has 1 aromatic carbocycles. The van der Waals surface area contributed by atoms with Gasteiger partial charge in [0.15, 0.2) is 0 Å². The maximum Gasteiger partial charge on any atom is 0.426 e. The Labute approximate surface area is 91.3 Å². The van der Waals surface area contributed by atoms with Crippen LogP contribution in [0.4, 0.5) is 17.6 Å². The van der Waals surface area contributed by atoms with Gasteiger partial charge in [0.05, 0.1) is 0 Å². The van der Waals surface area contributed by atoms with Crippen molar-refractivity contribution in [3.63, 3.8) is 0 Å². The SMILES string of the molecule is CC(F)(c1cccc(CCN)c1)C(F)(F)F. The lowest BCUT2D eigenvalue weighted by molar-refractivity contribution is -0.228. The van der Waals surface area contributed by atoms with Crippen molar-refractivity contribution < 1.29 is 17.6 Å². The average molecular weight is 235 g/mol. The van der Waals surface area contributed by atoms with E-state index in [2.05, 4.69) is 0 Å². The molecule has 2 N–H and O–H groups in total. The maximum atomic E-state index is 13.6. The van der Waals surface area contributed by atoms with Gasteiger partial charge in [-0.2, -0.15) is 13.2 Å². The number of hydrogen-bond acceptors (Lipinski definition) is 1. The third-order valence-electron chi connectivity index (χ3n) is 2.43. The van der Waals surface area contributed by atoms with Crippen molar-refractivity contribution >= 4 is 0 Å². The Hall–Kier alpha value is -1.10. The van der Waals surface area contributed by atoms with E-state index in [1.807, 2.05) is 0 Å². The van der Waals surface area contributed by atoms with E-state index in [1.165, 1.54) is 12.1 Å². The van der Waals surface area contributed by atoms with Crippen molar-refractivity contribution in [2.75, 3.05) is 6.54 Å². The molecule has 0 fully saturated rings. The summed E-state index contributed by atoms with van der Waals surface area (Å²) in [5.74, 6) is 0. The summed E-state index contributed by atoms with van der Waals surface area (Å²) in [5.41, 5.74) is 2.19. The molecule has 0 aromatic heterocycles. The molecule has 1 aromatic rings. The molecule has 0 amide bonds. The smallest absolute Gasteiger partial charge is 0.330 e. The number of benzene rings is 1. The molecule has 1 atom stereocenters. The van der Waals surface area contributed by atoms with Gasteiger partial charge in [-0.15, -0.1) is 0 Å². The van der Waals surface area contributed by atoms with Crippen LogP contribution in [-0.2, 0) is 12.1 Å². The van der Waals surface area contributed by atoms with E-state index < -0.39 is 11.8 Å².